The molecule has 0 radical (unpaired) electrons. The Kier molecular flexibility index (Phi) is 2.30. The van der Waals surface area contributed by atoms with E-state index in [1.165, 1.54) is 0 Å². The maximum absolute atomic E-state index is 11.6. The molecule has 1 unspecified atom stereocenters. The van der Waals surface area contributed by atoms with Crippen molar-refractivity contribution < 1.29 is 9.00 Å². The third kappa shape index (κ3) is 1.66. The molecule has 17 heavy (non-hydrogen) atoms. The van der Waals surface area contributed by atoms with Crippen LogP contribution in [0.2, 0.25) is 0 Å². The largest absolute Gasteiger partial charge is 0.268 e. The summed E-state index contributed by atoms with van der Waals surface area (Å²) in [6.07, 6.45) is 0. The van der Waals surface area contributed by atoms with Gasteiger partial charge in [-0.3, -0.25) is 9.52 Å². The standard InChI is InChI=1S/C13H9NO2S/c15-13-11-8-10(9-4-2-1-3-5-9)6-7-12(11)17(16)14-13/h1-8H,(H,14,15). The van der Waals surface area contributed by atoms with Gasteiger partial charge in [-0.2, -0.15) is 0 Å². The van der Waals surface area contributed by atoms with Crippen molar-refractivity contribution in [3.63, 3.8) is 0 Å². The summed E-state index contributed by atoms with van der Waals surface area (Å²) in [7, 11) is -1.39. The molecule has 1 atom stereocenters. The molecule has 3 rings (SSSR count). The van der Waals surface area contributed by atoms with Crippen LogP contribution in [0.4, 0.5) is 0 Å². The average molecular weight is 243 g/mol. The lowest BCUT2D eigenvalue weighted by Gasteiger charge is -2.02. The lowest BCUT2D eigenvalue weighted by Crippen LogP contribution is -2.15. The highest BCUT2D eigenvalue weighted by atomic mass is 32.2. The highest BCUT2D eigenvalue weighted by molar-refractivity contribution is 7.84. The van der Waals surface area contributed by atoms with Gasteiger partial charge in [0.05, 0.1) is 10.5 Å². The van der Waals surface area contributed by atoms with Crippen LogP contribution in [0, 0.1) is 0 Å². The van der Waals surface area contributed by atoms with Gasteiger partial charge in [0.1, 0.15) is 0 Å². The summed E-state index contributed by atoms with van der Waals surface area (Å²) in [5.74, 6) is -0.267. The van der Waals surface area contributed by atoms with Crippen LogP contribution in [-0.2, 0) is 11.0 Å². The van der Waals surface area contributed by atoms with E-state index in [0.29, 0.717) is 10.5 Å². The minimum absolute atomic E-state index is 0.267. The molecule has 4 heteroatoms. The van der Waals surface area contributed by atoms with E-state index < -0.39 is 11.0 Å². The maximum Gasteiger partial charge on any atom is 0.264 e. The van der Waals surface area contributed by atoms with Crippen LogP contribution in [0.25, 0.3) is 11.1 Å². The van der Waals surface area contributed by atoms with Gasteiger partial charge in [0.25, 0.3) is 5.91 Å². The molecular weight excluding hydrogens is 234 g/mol. The number of nitrogens with one attached hydrogen (secondary N) is 1. The predicted octanol–water partition coefficient (Wildman–Crippen LogP) is 2.12. The molecule has 2 aromatic carbocycles. The molecule has 2 aromatic rings. The fourth-order valence-electron chi connectivity index (χ4n) is 1.87. The SMILES string of the molecule is O=C1NS(=O)c2ccc(-c3ccccc3)cc21. The third-order valence-electron chi connectivity index (χ3n) is 2.72. The van der Waals surface area contributed by atoms with Crippen LogP contribution in [0.1, 0.15) is 10.4 Å². The number of benzene rings is 2. The number of hydrogen-bond acceptors (Lipinski definition) is 2. The van der Waals surface area contributed by atoms with E-state index >= 15 is 0 Å². The minimum Gasteiger partial charge on any atom is -0.268 e. The van der Waals surface area contributed by atoms with Crippen molar-refractivity contribution in [1.29, 1.82) is 0 Å². The Balaban J connectivity index is 2.15. The summed E-state index contributed by atoms with van der Waals surface area (Å²) in [6, 6.07) is 15.2. The van der Waals surface area contributed by atoms with Gasteiger partial charge in [0, 0.05) is 0 Å². The van der Waals surface area contributed by atoms with Crippen molar-refractivity contribution in [2.75, 3.05) is 0 Å². The molecule has 0 saturated carbocycles. The summed E-state index contributed by atoms with van der Waals surface area (Å²) in [4.78, 5) is 12.1. The van der Waals surface area contributed by atoms with Gasteiger partial charge < -0.3 is 0 Å². The van der Waals surface area contributed by atoms with Gasteiger partial charge >= 0.3 is 0 Å². The lowest BCUT2D eigenvalue weighted by molar-refractivity contribution is 0.0986. The Morgan fingerprint density at radius 1 is 0.941 bits per heavy atom. The Labute approximate surface area is 101 Å². The highest BCUT2D eigenvalue weighted by Gasteiger charge is 2.25. The highest BCUT2D eigenvalue weighted by Crippen LogP contribution is 2.26. The zero-order valence-electron chi connectivity index (χ0n) is 8.84. The lowest BCUT2D eigenvalue weighted by atomic mass is 10.0. The molecule has 84 valence electrons. The number of amides is 1. The van der Waals surface area contributed by atoms with Crippen LogP contribution in [-0.4, -0.2) is 10.1 Å². The van der Waals surface area contributed by atoms with Gasteiger partial charge in [-0.15, -0.1) is 0 Å². The Morgan fingerprint density at radius 2 is 1.71 bits per heavy atom. The molecule has 0 fully saturated rings. The van der Waals surface area contributed by atoms with Gasteiger partial charge in [-0.05, 0) is 23.3 Å². The second kappa shape index (κ2) is 3.82. The first-order chi connectivity index (χ1) is 8.25. The first-order valence-corrected chi connectivity index (χ1v) is 6.33. The Bertz CT molecular complexity index is 623. The molecule has 0 bridgehead atoms. The van der Waals surface area contributed by atoms with Crippen molar-refractivity contribution in [2.24, 2.45) is 0 Å². The zero-order valence-corrected chi connectivity index (χ0v) is 9.66. The van der Waals surface area contributed by atoms with E-state index in [4.69, 9.17) is 0 Å². The second-order valence-electron chi connectivity index (χ2n) is 3.78. The Morgan fingerprint density at radius 3 is 2.47 bits per heavy atom. The van der Waals surface area contributed by atoms with Crippen molar-refractivity contribution in [3.8, 4) is 11.1 Å². The van der Waals surface area contributed by atoms with Gasteiger partial charge in [-0.1, -0.05) is 36.4 Å². The molecule has 3 nitrogen and oxygen atoms in total. The van der Waals surface area contributed by atoms with E-state index in [1.807, 2.05) is 36.4 Å². The number of hydrogen-bond donors (Lipinski definition) is 1. The van der Waals surface area contributed by atoms with Gasteiger partial charge in [0.2, 0.25) is 0 Å². The third-order valence-corrected chi connectivity index (χ3v) is 3.84. The maximum atomic E-state index is 11.6. The average Bonchev–Trinajstić information content (AvgIpc) is 2.66. The first kappa shape index (κ1) is 10.2. The molecule has 1 N–H and O–H groups in total. The van der Waals surface area contributed by atoms with Gasteiger partial charge in [0.15, 0.2) is 11.0 Å². The predicted molar refractivity (Wildman–Crippen MR) is 65.8 cm³/mol. The molecule has 0 saturated heterocycles. The summed E-state index contributed by atoms with van der Waals surface area (Å²) >= 11 is 0. The fraction of sp³-hybridized carbons (Fsp3) is 0. The first-order valence-electron chi connectivity index (χ1n) is 5.18. The van der Waals surface area contributed by atoms with Crippen LogP contribution in [0.5, 0.6) is 0 Å². The summed E-state index contributed by atoms with van der Waals surface area (Å²) in [6.45, 7) is 0. The van der Waals surface area contributed by atoms with E-state index in [0.717, 1.165) is 11.1 Å². The number of rotatable bonds is 1. The molecule has 0 spiro atoms. The van der Waals surface area contributed by atoms with Crippen molar-refractivity contribution in [3.05, 3.63) is 54.1 Å². The molecule has 1 aliphatic rings. The van der Waals surface area contributed by atoms with E-state index in [2.05, 4.69) is 4.72 Å². The zero-order chi connectivity index (χ0) is 11.8. The smallest absolute Gasteiger partial charge is 0.264 e. The molecular formula is C13H9NO2S. The molecule has 1 aliphatic heterocycles. The molecule has 1 heterocycles. The van der Waals surface area contributed by atoms with E-state index in [1.54, 1.807) is 12.1 Å². The van der Waals surface area contributed by atoms with E-state index in [9.17, 15) is 9.00 Å². The van der Waals surface area contributed by atoms with Crippen LogP contribution in [0.3, 0.4) is 0 Å². The van der Waals surface area contributed by atoms with Crippen molar-refractivity contribution >= 4 is 16.9 Å². The monoisotopic (exact) mass is 243 g/mol. The summed E-state index contributed by atoms with van der Waals surface area (Å²) in [5.41, 5.74) is 2.50. The quantitative estimate of drug-likeness (QED) is 0.834. The van der Waals surface area contributed by atoms with E-state index in [-0.39, 0.29) is 5.91 Å². The van der Waals surface area contributed by atoms with Crippen LogP contribution < -0.4 is 4.72 Å². The Hall–Kier alpha value is -1.94. The number of carbonyl (C=O) groups excluding carboxylic acids is 1. The normalized spacial score (nSPS) is 17.6. The summed E-state index contributed by atoms with van der Waals surface area (Å²) in [5, 5.41) is 0. The van der Waals surface area contributed by atoms with Gasteiger partial charge in [-0.25, -0.2) is 4.21 Å². The fourth-order valence-corrected chi connectivity index (χ4v) is 2.80. The molecule has 0 aromatic heterocycles. The minimum atomic E-state index is -1.39. The number of carbonyl (C=O) groups is 1. The summed E-state index contributed by atoms with van der Waals surface area (Å²) < 4.78 is 13.9. The molecule has 0 aliphatic carbocycles. The number of fused-ring (bicyclic) bond motifs is 1. The van der Waals surface area contributed by atoms with Crippen LogP contribution >= 0.6 is 0 Å². The topological polar surface area (TPSA) is 46.2 Å². The van der Waals surface area contributed by atoms with Crippen molar-refractivity contribution in [1.82, 2.24) is 4.72 Å². The second-order valence-corrected chi connectivity index (χ2v) is 4.96. The molecule has 1 amide bonds. The van der Waals surface area contributed by atoms with Crippen LogP contribution in [0.15, 0.2) is 53.4 Å². The van der Waals surface area contributed by atoms with Crippen molar-refractivity contribution in [2.45, 2.75) is 4.90 Å².